The third-order valence-corrected chi connectivity index (χ3v) is 3.60. The van der Waals surface area contributed by atoms with E-state index < -0.39 is 0 Å². The van der Waals surface area contributed by atoms with Crippen molar-refractivity contribution < 1.29 is 4.79 Å². The molecule has 2 aromatic carbocycles. The summed E-state index contributed by atoms with van der Waals surface area (Å²) in [5, 5.41) is 0. The summed E-state index contributed by atoms with van der Waals surface area (Å²) >= 11 is 0. The van der Waals surface area contributed by atoms with Gasteiger partial charge in [0.05, 0.1) is 0 Å². The summed E-state index contributed by atoms with van der Waals surface area (Å²) in [6, 6.07) is 15.5. The number of nitrogens with zero attached hydrogens (tertiary/aromatic N) is 1. The first kappa shape index (κ1) is 15.1. The second kappa shape index (κ2) is 6.93. The van der Waals surface area contributed by atoms with Crippen LogP contribution in [0.1, 0.15) is 35.3 Å². The maximum Gasteiger partial charge on any atom is 0.254 e. The number of aryl methyl sites for hydroxylation is 1. The molecule has 0 bridgehead atoms. The Morgan fingerprint density at radius 3 is 2.33 bits per heavy atom. The van der Waals surface area contributed by atoms with Crippen molar-refractivity contribution in [1.82, 2.24) is 4.90 Å². The van der Waals surface area contributed by atoms with E-state index in [1.807, 2.05) is 60.4 Å². The summed E-state index contributed by atoms with van der Waals surface area (Å²) in [5.74, 6) is 0.0579. The van der Waals surface area contributed by atoms with Gasteiger partial charge in [0.2, 0.25) is 0 Å². The first-order valence-corrected chi connectivity index (χ1v) is 7.36. The van der Waals surface area contributed by atoms with Gasteiger partial charge < -0.3 is 10.6 Å². The van der Waals surface area contributed by atoms with Gasteiger partial charge in [-0.05, 0) is 48.7 Å². The second-order valence-corrected chi connectivity index (χ2v) is 5.11. The molecule has 3 nitrogen and oxygen atoms in total. The van der Waals surface area contributed by atoms with Gasteiger partial charge in [0.25, 0.3) is 5.91 Å². The Bertz CT molecular complexity index is 605. The highest BCUT2D eigenvalue weighted by atomic mass is 16.2. The van der Waals surface area contributed by atoms with Gasteiger partial charge in [-0.1, -0.05) is 31.2 Å². The molecular weight excluding hydrogens is 260 g/mol. The van der Waals surface area contributed by atoms with Crippen LogP contribution in [0.4, 0.5) is 5.69 Å². The molecule has 0 saturated heterocycles. The fourth-order valence-electron chi connectivity index (χ4n) is 2.30. The first-order valence-electron chi connectivity index (χ1n) is 7.36. The minimum atomic E-state index is 0.0579. The molecule has 1 amide bonds. The lowest BCUT2D eigenvalue weighted by Gasteiger charge is -2.21. The molecule has 0 fully saturated rings. The van der Waals surface area contributed by atoms with Crippen LogP contribution in [0, 0.1) is 0 Å². The Kier molecular flexibility index (Phi) is 4.99. The molecule has 110 valence electrons. The van der Waals surface area contributed by atoms with Crippen LogP contribution < -0.4 is 5.73 Å². The number of hydrogen-bond donors (Lipinski definition) is 1. The van der Waals surface area contributed by atoms with Crippen LogP contribution in [-0.4, -0.2) is 17.4 Å². The fraction of sp³-hybridized carbons (Fsp3) is 0.278. The van der Waals surface area contributed by atoms with E-state index in [1.54, 1.807) is 0 Å². The maximum absolute atomic E-state index is 12.6. The van der Waals surface area contributed by atoms with Gasteiger partial charge in [-0.25, -0.2) is 0 Å². The second-order valence-electron chi connectivity index (χ2n) is 5.11. The average Bonchev–Trinajstić information content (AvgIpc) is 2.52. The monoisotopic (exact) mass is 282 g/mol. The minimum absolute atomic E-state index is 0.0579. The normalized spacial score (nSPS) is 10.4. The maximum atomic E-state index is 12.6. The Balaban J connectivity index is 2.14. The quantitative estimate of drug-likeness (QED) is 0.853. The molecule has 0 radical (unpaired) electrons. The molecule has 0 aliphatic heterocycles. The number of carbonyl (C=O) groups is 1. The average molecular weight is 282 g/mol. The number of hydrogen-bond acceptors (Lipinski definition) is 2. The molecule has 2 N–H and O–H groups in total. The van der Waals surface area contributed by atoms with Gasteiger partial charge in [0, 0.05) is 24.3 Å². The zero-order valence-electron chi connectivity index (χ0n) is 12.7. The molecule has 0 saturated carbocycles. The number of rotatable bonds is 5. The number of nitrogens with two attached hydrogens (primary N) is 1. The number of benzene rings is 2. The van der Waals surface area contributed by atoms with Gasteiger partial charge in [-0.2, -0.15) is 0 Å². The standard InChI is InChI=1S/C18H22N2O/c1-3-14-8-10-16(11-9-14)18(21)20(4-2)13-15-6-5-7-17(19)12-15/h5-12H,3-4,13,19H2,1-2H3. The fourth-order valence-corrected chi connectivity index (χ4v) is 2.30. The Labute approximate surface area is 126 Å². The zero-order valence-corrected chi connectivity index (χ0v) is 12.7. The Hall–Kier alpha value is -2.29. The van der Waals surface area contributed by atoms with E-state index in [-0.39, 0.29) is 5.91 Å². The van der Waals surface area contributed by atoms with Crippen LogP contribution >= 0.6 is 0 Å². The predicted molar refractivity (Wildman–Crippen MR) is 87.1 cm³/mol. The van der Waals surface area contributed by atoms with Crippen molar-refractivity contribution >= 4 is 11.6 Å². The molecule has 0 heterocycles. The van der Waals surface area contributed by atoms with Crippen LogP contribution in [0.3, 0.4) is 0 Å². The van der Waals surface area contributed by atoms with E-state index in [2.05, 4.69) is 6.92 Å². The molecule has 3 heteroatoms. The summed E-state index contributed by atoms with van der Waals surface area (Å²) in [7, 11) is 0. The topological polar surface area (TPSA) is 46.3 Å². The summed E-state index contributed by atoms with van der Waals surface area (Å²) < 4.78 is 0. The van der Waals surface area contributed by atoms with Gasteiger partial charge in [-0.3, -0.25) is 4.79 Å². The molecule has 0 atom stereocenters. The van der Waals surface area contributed by atoms with Gasteiger partial charge in [-0.15, -0.1) is 0 Å². The molecule has 21 heavy (non-hydrogen) atoms. The van der Waals surface area contributed by atoms with Crippen LogP contribution in [0.15, 0.2) is 48.5 Å². The van der Waals surface area contributed by atoms with Crippen molar-refractivity contribution in [2.45, 2.75) is 26.8 Å². The molecule has 0 aromatic heterocycles. The van der Waals surface area contributed by atoms with Gasteiger partial charge in [0.1, 0.15) is 0 Å². The number of amides is 1. The SMILES string of the molecule is CCc1ccc(C(=O)N(CC)Cc2cccc(N)c2)cc1. The predicted octanol–water partition coefficient (Wildman–Crippen LogP) is 3.49. The van der Waals surface area contributed by atoms with Crippen molar-refractivity contribution in [2.75, 3.05) is 12.3 Å². The highest BCUT2D eigenvalue weighted by Crippen LogP contribution is 2.13. The lowest BCUT2D eigenvalue weighted by atomic mass is 10.1. The van der Waals surface area contributed by atoms with Crippen molar-refractivity contribution in [3.8, 4) is 0 Å². The molecule has 0 spiro atoms. The van der Waals surface area contributed by atoms with E-state index in [4.69, 9.17) is 5.73 Å². The molecular formula is C18H22N2O. The van der Waals surface area contributed by atoms with E-state index in [0.29, 0.717) is 13.1 Å². The lowest BCUT2D eigenvalue weighted by Crippen LogP contribution is -2.30. The van der Waals surface area contributed by atoms with E-state index in [9.17, 15) is 4.79 Å². The third-order valence-electron chi connectivity index (χ3n) is 3.60. The number of anilines is 1. The number of carbonyl (C=O) groups excluding carboxylic acids is 1. The van der Waals surface area contributed by atoms with Crippen LogP contribution in [0.25, 0.3) is 0 Å². The van der Waals surface area contributed by atoms with E-state index >= 15 is 0 Å². The van der Waals surface area contributed by atoms with Gasteiger partial charge >= 0.3 is 0 Å². The van der Waals surface area contributed by atoms with Crippen LogP contribution in [0.5, 0.6) is 0 Å². The smallest absolute Gasteiger partial charge is 0.254 e. The highest BCUT2D eigenvalue weighted by Gasteiger charge is 2.14. The molecule has 0 aliphatic carbocycles. The molecule has 0 aliphatic rings. The van der Waals surface area contributed by atoms with Crippen LogP contribution in [0.2, 0.25) is 0 Å². The molecule has 0 unspecified atom stereocenters. The van der Waals surface area contributed by atoms with E-state index in [1.165, 1.54) is 5.56 Å². The van der Waals surface area contributed by atoms with Crippen molar-refractivity contribution in [2.24, 2.45) is 0 Å². The minimum Gasteiger partial charge on any atom is -0.399 e. The van der Waals surface area contributed by atoms with Crippen molar-refractivity contribution in [1.29, 1.82) is 0 Å². The highest BCUT2D eigenvalue weighted by molar-refractivity contribution is 5.94. The first-order chi connectivity index (χ1) is 10.1. The van der Waals surface area contributed by atoms with Crippen molar-refractivity contribution in [3.63, 3.8) is 0 Å². The number of nitrogen functional groups attached to an aromatic ring is 1. The lowest BCUT2D eigenvalue weighted by molar-refractivity contribution is 0.0752. The summed E-state index contributed by atoms with van der Waals surface area (Å²) in [5.41, 5.74) is 9.54. The summed E-state index contributed by atoms with van der Waals surface area (Å²) in [6.45, 7) is 5.35. The Morgan fingerprint density at radius 2 is 1.76 bits per heavy atom. The Morgan fingerprint density at radius 1 is 1.05 bits per heavy atom. The molecule has 2 aromatic rings. The van der Waals surface area contributed by atoms with E-state index in [0.717, 1.165) is 23.2 Å². The third kappa shape index (κ3) is 3.85. The van der Waals surface area contributed by atoms with Crippen molar-refractivity contribution in [3.05, 3.63) is 65.2 Å². The summed E-state index contributed by atoms with van der Waals surface area (Å²) in [4.78, 5) is 14.4. The zero-order chi connectivity index (χ0) is 15.2. The van der Waals surface area contributed by atoms with Crippen LogP contribution in [-0.2, 0) is 13.0 Å². The van der Waals surface area contributed by atoms with Gasteiger partial charge in [0.15, 0.2) is 0 Å². The largest absolute Gasteiger partial charge is 0.399 e. The molecule has 2 rings (SSSR count). The summed E-state index contributed by atoms with van der Waals surface area (Å²) in [6.07, 6.45) is 0.981.